The number of fused-ring (bicyclic) bond motifs is 1. The molecule has 1 aromatic heterocycles. The molecule has 26 nitrogen and oxygen atoms in total. The summed E-state index contributed by atoms with van der Waals surface area (Å²) in [7, 11) is 0. The predicted octanol–water partition coefficient (Wildman–Crippen LogP) is -4.22. The van der Waals surface area contributed by atoms with Crippen molar-refractivity contribution in [3.63, 3.8) is 0 Å². The first kappa shape index (κ1) is 58.2. The second-order valence-corrected chi connectivity index (χ2v) is 17.5. The Labute approximate surface area is 425 Å². The van der Waals surface area contributed by atoms with Gasteiger partial charge in [0, 0.05) is 62.9 Å². The van der Waals surface area contributed by atoms with E-state index in [1.54, 1.807) is 24.4 Å². The molecule has 402 valence electrons. The van der Waals surface area contributed by atoms with E-state index in [0.717, 1.165) is 23.0 Å². The van der Waals surface area contributed by atoms with Crippen LogP contribution >= 0.6 is 0 Å². The number of hydrogen-bond donors (Lipinski definition) is 15. The van der Waals surface area contributed by atoms with Gasteiger partial charge in [0.05, 0.1) is 6.61 Å². The van der Waals surface area contributed by atoms with Crippen LogP contribution in [0.4, 0.5) is 4.39 Å². The van der Waals surface area contributed by atoms with Crippen LogP contribution in [-0.2, 0) is 56.0 Å². The van der Waals surface area contributed by atoms with Gasteiger partial charge in [-0.3, -0.25) is 53.1 Å². The van der Waals surface area contributed by atoms with E-state index in [-0.39, 0.29) is 89.3 Å². The Hall–Kier alpha value is -8.36. The van der Waals surface area contributed by atoms with E-state index in [1.807, 2.05) is 6.07 Å². The van der Waals surface area contributed by atoms with Gasteiger partial charge in [-0.2, -0.15) is 0 Å². The van der Waals surface area contributed by atoms with Gasteiger partial charge in [0.2, 0.25) is 53.2 Å². The number of aliphatic hydroxyl groups excluding tert-OH is 1. The van der Waals surface area contributed by atoms with Crippen molar-refractivity contribution in [1.82, 2.24) is 47.5 Å². The number of para-hydroxylation sites is 1. The average molecular weight is 1040 g/mol. The van der Waals surface area contributed by atoms with E-state index in [0.29, 0.717) is 11.1 Å². The summed E-state index contributed by atoms with van der Waals surface area (Å²) in [5.41, 5.74) is 29.3. The Morgan fingerprint density at radius 1 is 0.743 bits per heavy atom. The molecule has 0 bridgehead atoms. The van der Waals surface area contributed by atoms with Gasteiger partial charge in [0.15, 0.2) is 11.9 Å². The maximum absolute atomic E-state index is 14.5. The number of nitrogens with one attached hydrogen (secondary N) is 9. The molecule has 74 heavy (non-hydrogen) atoms. The summed E-state index contributed by atoms with van der Waals surface area (Å²) in [5.74, 6) is -8.90. The molecule has 3 aromatic rings. The number of carbonyl (C=O) groups excluding carboxylic acids is 9. The number of aromatic amines is 1. The molecule has 0 radical (unpaired) electrons. The molecule has 2 heterocycles. The molecule has 0 spiro atoms. The fourth-order valence-electron chi connectivity index (χ4n) is 7.87. The highest BCUT2D eigenvalue weighted by Crippen LogP contribution is 2.20. The van der Waals surface area contributed by atoms with Crippen LogP contribution in [0.3, 0.4) is 0 Å². The van der Waals surface area contributed by atoms with E-state index in [9.17, 15) is 52.6 Å². The molecule has 20 N–H and O–H groups in total. The Morgan fingerprint density at radius 2 is 1.34 bits per heavy atom. The summed E-state index contributed by atoms with van der Waals surface area (Å²) < 4.78 is 14.1. The first-order valence-corrected chi connectivity index (χ1v) is 23.9. The molecule has 0 unspecified atom stereocenters. The summed E-state index contributed by atoms with van der Waals surface area (Å²) in [6, 6.07) is 1.77. The number of primary amides is 1. The Morgan fingerprint density at radius 3 is 1.99 bits per heavy atom. The fraction of sp³-hybridized carbons (Fsp3) is 0.468. The van der Waals surface area contributed by atoms with Gasteiger partial charge in [-0.1, -0.05) is 30.3 Å². The zero-order chi connectivity index (χ0) is 54.3. The summed E-state index contributed by atoms with van der Waals surface area (Å²) in [5, 5.41) is 31.6. The van der Waals surface area contributed by atoms with Crippen molar-refractivity contribution < 1.29 is 52.6 Å². The molecule has 0 saturated carbocycles. The lowest BCUT2D eigenvalue weighted by Crippen LogP contribution is -2.61. The quantitative estimate of drug-likeness (QED) is 0.0346. The molecule has 0 aliphatic carbocycles. The number of hydrogen-bond acceptors (Lipinski definition) is 12. The number of rotatable bonds is 17. The topological polar surface area (TPSA) is 441 Å². The van der Waals surface area contributed by atoms with Crippen molar-refractivity contribution in [1.29, 1.82) is 0 Å². The fourth-order valence-corrected chi connectivity index (χ4v) is 7.87. The second-order valence-electron chi connectivity index (χ2n) is 17.5. The van der Waals surface area contributed by atoms with Crippen molar-refractivity contribution in [3.05, 3.63) is 71.7 Å². The van der Waals surface area contributed by atoms with E-state index in [4.69, 9.17) is 28.7 Å². The maximum Gasteiger partial charge on any atom is 0.245 e. The van der Waals surface area contributed by atoms with Crippen LogP contribution in [0.25, 0.3) is 10.9 Å². The SMILES string of the molecule is CC(=O)N[C@@H](CCCN=C(N)N)C(=O)N[C@H]1CCC(=O)NCCC[C@@H](C(N)=O)NC(=O)[C@H](Cc2c[nH]c3ccccc23)NC(=O)[C@H](CCCN=C(N)N)NC(=O)[C@@H](Cc2ccc(F)cc2)NC(=O)[C@H](CO)NC1=O. The highest BCUT2D eigenvalue weighted by molar-refractivity contribution is 5.98. The number of aliphatic imine (C=N–C) groups is 2. The predicted molar refractivity (Wildman–Crippen MR) is 269 cm³/mol. The first-order chi connectivity index (χ1) is 35.2. The van der Waals surface area contributed by atoms with E-state index >= 15 is 0 Å². The third-order valence-corrected chi connectivity index (χ3v) is 11.7. The molecule has 2 aromatic carbocycles. The van der Waals surface area contributed by atoms with Crippen LogP contribution in [0.15, 0.2) is 64.7 Å². The van der Waals surface area contributed by atoms with Gasteiger partial charge >= 0.3 is 0 Å². The number of guanidine groups is 2. The van der Waals surface area contributed by atoms with E-state index in [2.05, 4.69) is 57.5 Å². The Balaban J connectivity index is 1.75. The molecule has 1 aliphatic heterocycles. The molecule has 1 fully saturated rings. The number of H-pyrrole nitrogens is 1. The normalized spacial score (nSPS) is 21.2. The largest absolute Gasteiger partial charge is 0.394 e. The molecule has 27 heteroatoms. The zero-order valence-electron chi connectivity index (χ0n) is 40.9. The number of halogens is 1. The average Bonchev–Trinajstić information content (AvgIpc) is 3.76. The third kappa shape index (κ3) is 19.3. The highest BCUT2D eigenvalue weighted by atomic mass is 19.1. The van der Waals surface area contributed by atoms with Crippen molar-refractivity contribution in [3.8, 4) is 0 Å². The Bertz CT molecular complexity index is 2510. The number of aromatic nitrogens is 1. The minimum Gasteiger partial charge on any atom is -0.394 e. The number of nitrogens with two attached hydrogens (primary N) is 5. The van der Waals surface area contributed by atoms with E-state index in [1.165, 1.54) is 19.1 Å². The Kier molecular flexibility index (Phi) is 23.0. The summed E-state index contributed by atoms with van der Waals surface area (Å²) in [6.45, 7) is 0.161. The number of nitrogens with zero attached hydrogens (tertiary/aromatic N) is 2. The standard InChI is InChI=1S/C47H67FN16O10/c1-25(66)58-32(10-5-19-55-46(50)51)40(69)61-34-16-17-38(67)54-18-4-9-31(39(49)68)59-44(73)36(22-27-23-57-30-8-3-2-7-29(27)30)63-41(70)33(11-6-20-56-47(52)53)60-43(72)35(21-26-12-14-28(48)15-13-26)62-45(74)37(24-65)64-42(34)71/h2-3,7-8,12-15,23,31-37,57,65H,4-6,9-11,16-22,24H2,1H3,(H2,49,68)(H,54,67)(H,58,66)(H,59,73)(H,60,72)(H,61,69)(H,62,74)(H,63,70)(H,64,71)(H4,50,51,55)(H4,52,53,56)/t31-,32-,33-,34-,35+,36-,37-/m0/s1. The van der Waals surface area contributed by atoms with Crippen molar-refractivity contribution in [2.75, 3.05) is 26.2 Å². The maximum atomic E-state index is 14.5. The van der Waals surface area contributed by atoms with Gasteiger partial charge in [0.1, 0.15) is 48.1 Å². The number of amides is 9. The van der Waals surface area contributed by atoms with Gasteiger partial charge in [-0.15, -0.1) is 0 Å². The lowest BCUT2D eigenvalue weighted by Gasteiger charge is -2.27. The molecular formula is C47H67FN16O10. The number of aliphatic hydroxyl groups is 1. The molecule has 1 aliphatic rings. The van der Waals surface area contributed by atoms with Gasteiger partial charge in [-0.05, 0) is 74.3 Å². The zero-order valence-corrected chi connectivity index (χ0v) is 40.9. The summed E-state index contributed by atoms with van der Waals surface area (Å²) in [4.78, 5) is 134. The number of carbonyl (C=O) groups is 9. The van der Waals surface area contributed by atoms with Crippen LogP contribution in [-0.4, -0.2) is 144 Å². The monoisotopic (exact) mass is 1030 g/mol. The van der Waals surface area contributed by atoms with Gasteiger partial charge in [0.25, 0.3) is 0 Å². The lowest BCUT2D eigenvalue weighted by molar-refractivity contribution is -0.136. The van der Waals surface area contributed by atoms with Crippen LogP contribution in [0, 0.1) is 5.82 Å². The highest BCUT2D eigenvalue weighted by Gasteiger charge is 2.35. The van der Waals surface area contributed by atoms with Crippen LogP contribution in [0.1, 0.15) is 69.4 Å². The summed E-state index contributed by atoms with van der Waals surface area (Å²) in [6.07, 6.45) is 0.620. The van der Waals surface area contributed by atoms with Crippen LogP contribution in [0.5, 0.6) is 0 Å². The first-order valence-electron chi connectivity index (χ1n) is 23.9. The van der Waals surface area contributed by atoms with Crippen molar-refractivity contribution in [2.24, 2.45) is 38.7 Å². The smallest absolute Gasteiger partial charge is 0.245 e. The van der Waals surface area contributed by atoms with Crippen LogP contribution in [0.2, 0.25) is 0 Å². The molecular weight excluding hydrogens is 968 g/mol. The van der Waals surface area contributed by atoms with Crippen molar-refractivity contribution >= 4 is 76.0 Å². The minimum absolute atomic E-state index is 0.00434. The van der Waals surface area contributed by atoms with Gasteiger partial charge < -0.3 is 81.3 Å². The molecule has 7 atom stereocenters. The molecule has 1 saturated heterocycles. The lowest BCUT2D eigenvalue weighted by atomic mass is 10.0. The van der Waals surface area contributed by atoms with Crippen LogP contribution < -0.4 is 71.2 Å². The second kappa shape index (κ2) is 29.2. The third-order valence-electron chi connectivity index (χ3n) is 11.7. The molecule has 9 amide bonds. The van der Waals surface area contributed by atoms with Gasteiger partial charge in [-0.25, -0.2) is 4.39 Å². The van der Waals surface area contributed by atoms with Crippen molar-refractivity contribution in [2.45, 2.75) is 113 Å². The van der Waals surface area contributed by atoms with E-state index < -0.39 is 114 Å². The molecule has 4 rings (SSSR count). The number of benzene rings is 2. The summed E-state index contributed by atoms with van der Waals surface area (Å²) >= 11 is 0. The minimum atomic E-state index is -1.80.